The molecule has 0 aliphatic carbocycles. The van der Waals surface area contributed by atoms with E-state index in [1.807, 2.05) is 0 Å². The summed E-state index contributed by atoms with van der Waals surface area (Å²) in [5.74, 6) is -0.479. The van der Waals surface area contributed by atoms with Gasteiger partial charge in [0.05, 0.1) is 17.0 Å². The molecule has 1 unspecified atom stereocenters. The van der Waals surface area contributed by atoms with Crippen LogP contribution in [-0.2, 0) is 11.0 Å². The molecule has 0 bridgehead atoms. The lowest BCUT2D eigenvalue weighted by Crippen LogP contribution is -2.42. The van der Waals surface area contributed by atoms with Gasteiger partial charge >= 0.3 is 6.18 Å². The summed E-state index contributed by atoms with van der Waals surface area (Å²) in [7, 11) is 0. The van der Waals surface area contributed by atoms with Crippen molar-refractivity contribution in [3.63, 3.8) is 0 Å². The van der Waals surface area contributed by atoms with Crippen LogP contribution in [0.1, 0.15) is 11.1 Å². The molecule has 0 aromatic heterocycles. The second-order valence-corrected chi connectivity index (χ2v) is 7.56. The summed E-state index contributed by atoms with van der Waals surface area (Å²) >= 11 is 0.627. The highest BCUT2D eigenvalue weighted by Gasteiger charge is 2.38. The Labute approximate surface area is 172 Å². The Kier molecular flexibility index (Phi) is 5.10. The molecular formula is C20H14F3NO5S. The SMILES string of the molecule is O=C1SC(=Cc2ccc(O)c(C(F)(F)F)c2)C(=O)N1CC1COc2ccccc2O1. The van der Waals surface area contributed by atoms with Gasteiger partial charge in [-0.25, -0.2) is 0 Å². The summed E-state index contributed by atoms with van der Waals surface area (Å²) in [4.78, 5) is 25.9. The maximum absolute atomic E-state index is 13.0. The van der Waals surface area contributed by atoms with Crippen LogP contribution < -0.4 is 9.47 Å². The molecule has 6 nitrogen and oxygen atoms in total. The van der Waals surface area contributed by atoms with Crippen molar-refractivity contribution >= 4 is 29.0 Å². The number of carbonyl (C=O) groups excluding carboxylic acids is 2. The van der Waals surface area contributed by atoms with Crippen molar-refractivity contribution in [1.82, 2.24) is 4.90 Å². The summed E-state index contributed by atoms with van der Waals surface area (Å²) in [5, 5.41) is 8.87. The van der Waals surface area contributed by atoms with E-state index in [0.29, 0.717) is 23.3 Å². The number of nitrogens with zero attached hydrogens (tertiary/aromatic N) is 1. The molecular weight excluding hydrogens is 423 g/mol. The molecule has 4 rings (SSSR count). The second kappa shape index (κ2) is 7.60. The fourth-order valence-corrected chi connectivity index (χ4v) is 3.88. The molecule has 156 valence electrons. The number of hydrogen-bond donors (Lipinski definition) is 1. The number of phenols is 1. The quantitative estimate of drug-likeness (QED) is 0.723. The van der Waals surface area contributed by atoms with Gasteiger partial charge in [-0.3, -0.25) is 14.5 Å². The van der Waals surface area contributed by atoms with Gasteiger partial charge in [0.1, 0.15) is 12.4 Å². The van der Waals surface area contributed by atoms with Crippen LogP contribution in [0.5, 0.6) is 17.2 Å². The number of ether oxygens (including phenoxy) is 2. The average molecular weight is 437 g/mol. The number of aromatic hydroxyl groups is 1. The highest BCUT2D eigenvalue weighted by Crippen LogP contribution is 2.38. The van der Waals surface area contributed by atoms with Crippen LogP contribution in [0.25, 0.3) is 6.08 Å². The van der Waals surface area contributed by atoms with Gasteiger partial charge in [0, 0.05) is 0 Å². The minimum absolute atomic E-state index is 0.0176. The van der Waals surface area contributed by atoms with Gasteiger partial charge in [-0.2, -0.15) is 13.2 Å². The van der Waals surface area contributed by atoms with Gasteiger partial charge in [-0.05, 0) is 47.7 Å². The van der Waals surface area contributed by atoms with Gasteiger partial charge in [-0.1, -0.05) is 18.2 Å². The van der Waals surface area contributed by atoms with Crippen LogP contribution >= 0.6 is 11.8 Å². The predicted molar refractivity (Wildman–Crippen MR) is 102 cm³/mol. The Morgan fingerprint density at radius 1 is 1.17 bits per heavy atom. The van der Waals surface area contributed by atoms with Crippen LogP contribution in [0.4, 0.5) is 18.0 Å². The average Bonchev–Trinajstić information content (AvgIpc) is 2.96. The zero-order valence-electron chi connectivity index (χ0n) is 15.2. The van der Waals surface area contributed by atoms with E-state index in [9.17, 15) is 27.9 Å². The molecule has 1 N–H and O–H groups in total. The van der Waals surface area contributed by atoms with Gasteiger partial charge < -0.3 is 14.6 Å². The van der Waals surface area contributed by atoms with Crippen LogP contribution in [0.15, 0.2) is 47.4 Å². The number of phenolic OH excluding ortho intramolecular Hbond substituents is 1. The number of benzene rings is 2. The maximum atomic E-state index is 13.0. The van der Waals surface area contributed by atoms with E-state index < -0.39 is 34.7 Å². The predicted octanol–water partition coefficient (Wildman–Crippen LogP) is 4.29. The van der Waals surface area contributed by atoms with Crippen LogP contribution in [0, 0.1) is 0 Å². The molecule has 1 saturated heterocycles. The first-order valence-corrected chi connectivity index (χ1v) is 9.58. The molecule has 2 aliphatic rings. The molecule has 2 heterocycles. The summed E-state index contributed by atoms with van der Waals surface area (Å²) in [6.07, 6.45) is -4.13. The van der Waals surface area contributed by atoms with Crippen molar-refractivity contribution < 1.29 is 37.3 Å². The van der Waals surface area contributed by atoms with Crippen molar-refractivity contribution in [3.05, 3.63) is 58.5 Å². The number of fused-ring (bicyclic) bond motifs is 1. The van der Waals surface area contributed by atoms with Gasteiger partial charge in [0.15, 0.2) is 17.6 Å². The maximum Gasteiger partial charge on any atom is 0.419 e. The molecule has 1 fully saturated rings. The number of halogens is 3. The summed E-state index contributed by atoms with van der Waals surface area (Å²) in [6.45, 7) is 0.0877. The highest BCUT2D eigenvalue weighted by atomic mass is 32.2. The molecule has 30 heavy (non-hydrogen) atoms. The standard InChI is InChI=1S/C20H14F3NO5S/c21-20(22,23)13-7-11(5-6-14(13)25)8-17-18(26)24(19(27)30-17)9-12-10-28-15-3-1-2-4-16(15)29-12/h1-8,12,25H,9-10H2. The lowest BCUT2D eigenvalue weighted by Gasteiger charge is -2.28. The molecule has 2 aliphatic heterocycles. The van der Waals surface area contributed by atoms with Crippen molar-refractivity contribution in [2.75, 3.05) is 13.2 Å². The van der Waals surface area contributed by atoms with E-state index in [0.717, 1.165) is 17.0 Å². The molecule has 2 aromatic carbocycles. The van der Waals surface area contributed by atoms with Gasteiger partial charge in [-0.15, -0.1) is 0 Å². The van der Waals surface area contributed by atoms with Crippen LogP contribution in [0.2, 0.25) is 0 Å². The third kappa shape index (κ3) is 3.95. The smallest absolute Gasteiger partial charge is 0.419 e. The van der Waals surface area contributed by atoms with E-state index in [2.05, 4.69) is 0 Å². The molecule has 0 radical (unpaired) electrons. The van der Waals surface area contributed by atoms with E-state index in [1.165, 1.54) is 12.1 Å². The molecule has 1 atom stereocenters. The third-order valence-electron chi connectivity index (χ3n) is 4.45. The fourth-order valence-electron chi connectivity index (χ4n) is 3.04. The molecule has 0 saturated carbocycles. The lowest BCUT2D eigenvalue weighted by atomic mass is 10.1. The van der Waals surface area contributed by atoms with E-state index in [1.54, 1.807) is 24.3 Å². The fraction of sp³-hybridized carbons (Fsp3) is 0.200. The Morgan fingerprint density at radius 2 is 1.90 bits per heavy atom. The molecule has 2 aromatic rings. The first-order chi connectivity index (χ1) is 14.2. The minimum atomic E-state index is -4.75. The van der Waals surface area contributed by atoms with Gasteiger partial charge in [0.25, 0.3) is 11.1 Å². The third-order valence-corrected chi connectivity index (χ3v) is 5.36. The number of imide groups is 1. The van der Waals surface area contributed by atoms with E-state index in [4.69, 9.17) is 9.47 Å². The Balaban J connectivity index is 1.51. The summed E-state index contributed by atoms with van der Waals surface area (Å²) in [6, 6.07) is 9.84. The first-order valence-electron chi connectivity index (χ1n) is 8.76. The molecule has 0 spiro atoms. The second-order valence-electron chi connectivity index (χ2n) is 6.56. The number of amides is 2. The van der Waals surface area contributed by atoms with Gasteiger partial charge in [0.2, 0.25) is 0 Å². The number of carbonyl (C=O) groups is 2. The van der Waals surface area contributed by atoms with Crippen molar-refractivity contribution in [3.8, 4) is 17.2 Å². The minimum Gasteiger partial charge on any atom is -0.507 e. The van der Waals surface area contributed by atoms with Crippen molar-refractivity contribution in [2.24, 2.45) is 0 Å². The zero-order chi connectivity index (χ0) is 21.5. The van der Waals surface area contributed by atoms with Crippen LogP contribution in [-0.4, -0.2) is 40.4 Å². The number of hydrogen-bond acceptors (Lipinski definition) is 6. The Morgan fingerprint density at radius 3 is 2.63 bits per heavy atom. The number of thioether (sulfide) groups is 1. The Bertz CT molecular complexity index is 1050. The number of alkyl halides is 3. The van der Waals surface area contributed by atoms with E-state index >= 15 is 0 Å². The van der Waals surface area contributed by atoms with Crippen molar-refractivity contribution in [1.29, 1.82) is 0 Å². The molecule has 2 amide bonds. The zero-order valence-corrected chi connectivity index (χ0v) is 16.0. The number of rotatable bonds is 3. The van der Waals surface area contributed by atoms with Crippen LogP contribution in [0.3, 0.4) is 0 Å². The normalized spacial score (nSPS) is 20.2. The highest BCUT2D eigenvalue weighted by molar-refractivity contribution is 8.18. The van der Waals surface area contributed by atoms with Crippen molar-refractivity contribution in [2.45, 2.75) is 12.3 Å². The summed E-state index contributed by atoms with van der Waals surface area (Å²) in [5.41, 5.74) is -1.18. The summed E-state index contributed by atoms with van der Waals surface area (Å²) < 4.78 is 50.2. The first kappa shape index (κ1) is 20.1. The topological polar surface area (TPSA) is 76.1 Å². The monoisotopic (exact) mass is 437 g/mol. The molecule has 10 heteroatoms. The largest absolute Gasteiger partial charge is 0.507 e. The number of para-hydroxylation sites is 2. The lowest BCUT2D eigenvalue weighted by molar-refractivity contribution is -0.138. The Hall–Kier alpha value is -3.14. The van der Waals surface area contributed by atoms with E-state index in [-0.39, 0.29) is 23.6 Å².